The molecule has 1 aromatic rings. The summed E-state index contributed by atoms with van der Waals surface area (Å²) in [5, 5.41) is 13.1. The van der Waals surface area contributed by atoms with Crippen LogP contribution < -0.4 is 5.32 Å². The van der Waals surface area contributed by atoms with E-state index in [1.165, 1.54) is 0 Å². The fraction of sp³-hybridized carbons (Fsp3) is 0.636. The third-order valence-corrected chi connectivity index (χ3v) is 2.60. The minimum atomic E-state index is -0.571. The second kappa shape index (κ2) is 6.74. The van der Waals surface area contributed by atoms with Crippen LogP contribution in [0.2, 0.25) is 5.15 Å². The van der Waals surface area contributed by atoms with Crippen LogP contribution >= 0.6 is 11.6 Å². The van der Waals surface area contributed by atoms with E-state index in [1.54, 1.807) is 14.0 Å². The van der Waals surface area contributed by atoms with Crippen LogP contribution in [0.1, 0.15) is 18.3 Å². The molecule has 0 amide bonds. The fourth-order valence-corrected chi connectivity index (χ4v) is 1.83. The molecule has 17 heavy (non-hydrogen) atoms. The number of rotatable bonds is 6. The first-order chi connectivity index (χ1) is 8.08. The molecule has 1 aromatic heterocycles. The van der Waals surface area contributed by atoms with Crippen molar-refractivity contribution in [2.45, 2.75) is 26.4 Å². The molecule has 0 aliphatic carbocycles. The number of ether oxygens (including phenoxy) is 1. The number of aryl methyl sites for hydroxylation is 1. The average molecular weight is 260 g/mol. The van der Waals surface area contributed by atoms with Gasteiger partial charge in [-0.25, -0.2) is 9.97 Å². The minimum Gasteiger partial charge on any atom is -0.389 e. The van der Waals surface area contributed by atoms with Gasteiger partial charge in [-0.1, -0.05) is 18.5 Å². The third kappa shape index (κ3) is 4.11. The van der Waals surface area contributed by atoms with Crippen LogP contribution in [0.25, 0.3) is 0 Å². The average Bonchev–Trinajstić information content (AvgIpc) is 2.26. The lowest BCUT2D eigenvalue weighted by molar-refractivity contribution is 0.0727. The molecule has 0 spiro atoms. The second-order valence-electron chi connectivity index (χ2n) is 3.73. The van der Waals surface area contributed by atoms with E-state index >= 15 is 0 Å². The molecule has 0 saturated heterocycles. The zero-order valence-electron chi connectivity index (χ0n) is 10.3. The number of methoxy groups -OCH3 is 1. The number of nitrogens with zero attached hydrogens (tertiary/aromatic N) is 2. The van der Waals surface area contributed by atoms with E-state index in [0.29, 0.717) is 23.3 Å². The Balaban J connectivity index is 2.75. The predicted octanol–water partition coefficient (Wildman–Crippen LogP) is 1.42. The molecule has 0 saturated carbocycles. The minimum absolute atomic E-state index is 0.284. The number of aliphatic hydroxyl groups excluding tert-OH is 1. The zero-order chi connectivity index (χ0) is 12.8. The fourth-order valence-electron chi connectivity index (χ4n) is 1.49. The van der Waals surface area contributed by atoms with Crippen LogP contribution in [0.5, 0.6) is 0 Å². The maximum atomic E-state index is 9.55. The summed E-state index contributed by atoms with van der Waals surface area (Å²) >= 11 is 6.03. The Morgan fingerprint density at radius 3 is 2.76 bits per heavy atom. The summed E-state index contributed by atoms with van der Waals surface area (Å²) in [5.41, 5.74) is 0.863. The van der Waals surface area contributed by atoms with Crippen LogP contribution in [-0.2, 0) is 11.2 Å². The van der Waals surface area contributed by atoms with Crippen molar-refractivity contribution in [3.63, 3.8) is 0 Å². The molecule has 0 fully saturated rings. The van der Waals surface area contributed by atoms with Crippen LogP contribution in [0.3, 0.4) is 0 Å². The molecule has 1 atom stereocenters. The van der Waals surface area contributed by atoms with Gasteiger partial charge in [0, 0.05) is 19.2 Å². The van der Waals surface area contributed by atoms with Gasteiger partial charge in [0.05, 0.1) is 12.7 Å². The van der Waals surface area contributed by atoms with Crippen LogP contribution in [-0.4, -0.2) is 41.4 Å². The second-order valence-corrected chi connectivity index (χ2v) is 4.09. The van der Waals surface area contributed by atoms with E-state index in [1.807, 2.05) is 6.92 Å². The van der Waals surface area contributed by atoms with Gasteiger partial charge in [0.15, 0.2) is 0 Å². The molecule has 0 aliphatic rings. The standard InChI is InChI=1S/C11H18ClN3O2/c1-4-9-10(12)14-7(2)15-11(9)13-5-8(16)6-17-3/h8,16H,4-6H2,1-3H3,(H,13,14,15). The van der Waals surface area contributed by atoms with E-state index in [0.717, 1.165) is 12.0 Å². The molecule has 5 nitrogen and oxygen atoms in total. The summed E-state index contributed by atoms with van der Waals surface area (Å²) in [7, 11) is 1.55. The van der Waals surface area contributed by atoms with Crippen molar-refractivity contribution in [2.24, 2.45) is 0 Å². The Morgan fingerprint density at radius 1 is 1.47 bits per heavy atom. The van der Waals surface area contributed by atoms with Gasteiger partial charge in [-0.3, -0.25) is 0 Å². The Labute approximate surface area is 106 Å². The van der Waals surface area contributed by atoms with Crippen molar-refractivity contribution < 1.29 is 9.84 Å². The van der Waals surface area contributed by atoms with Gasteiger partial charge in [-0.05, 0) is 13.3 Å². The maximum absolute atomic E-state index is 9.55. The van der Waals surface area contributed by atoms with Crippen molar-refractivity contribution in [3.8, 4) is 0 Å². The van der Waals surface area contributed by atoms with E-state index < -0.39 is 6.10 Å². The largest absolute Gasteiger partial charge is 0.389 e. The number of aliphatic hydroxyl groups is 1. The quantitative estimate of drug-likeness (QED) is 0.757. The normalized spacial score (nSPS) is 12.5. The highest BCUT2D eigenvalue weighted by Crippen LogP contribution is 2.21. The van der Waals surface area contributed by atoms with Crippen LogP contribution in [0.4, 0.5) is 5.82 Å². The molecule has 0 radical (unpaired) electrons. The summed E-state index contributed by atoms with van der Waals surface area (Å²) < 4.78 is 4.85. The van der Waals surface area contributed by atoms with Gasteiger partial charge in [0.25, 0.3) is 0 Å². The summed E-state index contributed by atoms with van der Waals surface area (Å²) in [6.45, 7) is 4.42. The zero-order valence-corrected chi connectivity index (χ0v) is 11.1. The van der Waals surface area contributed by atoms with Gasteiger partial charge < -0.3 is 15.2 Å². The lowest BCUT2D eigenvalue weighted by atomic mass is 10.2. The van der Waals surface area contributed by atoms with E-state index in [9.17, 15) is 5.11 Å². The monoisotopic (exact) mass is 259 g/mol. The van der Waals surface area contributed by atoms with Crippen LogP contribution in [0, 0.1) is 6.92 Å². The summed E-state index contributed by atoms with van der Waals surface area (Å²) in [6.07, 6.45) is 0.167. The van der Waals surface area contributed by atoms with Gasteiger partial charge in [0.2, 0.25) is 0 Å². The van der Waals surface area contributed by atoms with Crippen molar-refractivity contribution in [1.29, 1.82) is 0 Å². The molecule has 1 unspecified atom stereocenters. The molecule has 1 rings (SSSR count). The number of anilines is 1. The third-order valence-electron chi connectivity index (χ3n) is 2.29. The van der Waals surface area contributed by atoms with Crippen LogP contribution in [0.15, 0.2) is 0 Å². The Morgan fingerprint density at radius 2 is 2.18 bits per heavy atom. The highest BCUT2D eigenvalue weighted by molar-refractivity contribution is 6.30. The first kappa shape index (κ1) is 14.2. The van der Waals surface area contributed by atoms with Crippen molar-refractivity contribution in [1.82, 2.24) is 9.97 Å². The summed E-state index contributed by atoms with van der Waals surface area (Å²) in [5.74, 6) is 1.29. The lowest BCUT2D eigenvalue weighted by Gasteiger charge is -2.14. The summed E-state index contributed by atoms with van der Waals surface area (Å²) in [6, 6.07) is 0. The first-order valence-corrected chi connectivity index (χ1v) is 5.90. The van der Waals surface area contributed by atoms with E-state index in [-0.39, 0.29) is 6.61 Å². The molecular weight excluding hydrogens is 242 g/mol. The Hall–Kier alpha value is -0.910. The predicted molar refractivity (Wildman–Crippen MR) is 67.5 cm³/mol. The highest BCUT2D eigenvalue weighted by Gasteiger charge is 2.11. The molecular formula is C11H18ClN3O2. The number of hydrogen-bond acceptors (Lipinski definition) is 5. The van der Waals surface area contributed by atoms with Gasteiger partial charge in [-0.15, -0.1) is 0 Å². The van der Waals surface area contributed by atoms with Gasteiger partial charge in [-0.2, -0.15) is 0 Å². The molecule has 96 valence electrons. The number of halogens is 1. The van der Waals surface area contributed by atoms with Crippen molar-refractivity contribution in [3.05, 3.63) is 16.5 Å². The van der Waals surface area contributed by atoms with E-state index in [4.69, 9.17) is 16.3 Å². The number of nitrogens with one attached hydrogen (secondary N) is 1. The van der Waals surface area contributed by atoms with Gasteiger partial charge >= 0.3 is 0 Å². The van der Waals surface area contributed by atoms with E-state index in [2.05, 4.69) is 15.3 Å². The summed E-state index contributed by atoms with van der Waals surface area (Å²) in [4.78, 5) is 8.37. The molecule has 2 N–H and O–H groups in total. The van der Waals surface area contributed by atoms with Gasteiger partial charge in [0.1, 0.15) is 16.8 Å². The first-order valence-electron chi connectivity index (χ1n) is 5.52. The molecule has 1 heterocycles. The number of hydrogen-bond donors (Lipinski definition) is 2. The molecule has 0 aliphatic heterocycles. The Bertz CT molecular complexity index is 374. The highest BCUT2D eigenvalue weighted by atomic mass is 35.5. The molecule has 6 heteroatoms. The molecule has 0 aromatic carbocycles. The molecule has 0 bridgehead atoms. The van der Waals surface area contributed by atoms with Crippen molar-refractivity contribution in [2.75, 3.05) is 25.6 Å². The lowest BCUT2D eigenvalue weighted by Crippen LogP contribution is -2.25. The topological polar surface area (TPSA) is 67.3 Å². The SMILES string of the molecule is CCc1c(Cl)nc(C)nc1NCC(O)COC. The van der Waals surface area contributed by atoms with Crippen molar-refractivity contribution >= 4 is 17.4 Å². The number of aromatic nitrogens is 2. The Kier molecular flexibility index (Phi) is 5.61. The smallest absolute Gasteiger partial charge is 0.138 e. The maximum Gasteiger partial charge on any atom is 0.138 e.